The highest BCUT2D eigenvalue weighted by Gasteiger charge is 2.13. The molecule has 1 heterocycles. The van der Waals surface area contributed by atoms with Gasteiger partial charge in [0.15, 0.2) is 0 Å². The summed E-state index contributed by atoms with van der Waals surface area (Å²) in [6.45, 7) is 0. The number of benzene rings is 1. The van der Waals surface area contributed by atoms with Gasteiger partial charge in [-0.15, -0.1) is 0 Å². The number of carbonyl (C=O) groups is 1. The lowest BCUT2D eigenvalue weighted by atomic mass is 9.95. The molecule has 2 aromatic rings. The smallest absolute Gasteiger partial charge is 0.256 e. The number of hydrogen-bond acceptors (Lipinski definition) is 4. The fourth-order valence-electron chi connectivity index (χ4n) is 2.99. The summed E-state index contributed by atoms with van der Waals surface area (Å²) in [5, 5.41) is 6.32. The number of rotatable bonds is 5. The van der Waals surface area contributed by atoms with E-state index in [9.17, 15) is 4.79 Å². The molecule has 0 saturated heterocycles. The summed E-state index contributed by atoms with van der Waals surface area (Å²) < 4.78 is 5.14. The van der Waals surface area contributed by atoms with Gasteiger partial charge in [0.2, 0.25) is 0 Å². The largest absolute Gasteiger partial charge is 0.497 e. The quantitative estimate of drug-likeness (QED) is 0.869. The van der Waals surface area contributed by atoms with Gasteiger partial charge < -0.3 is 15.4 Å². The predicted molar refractivity (Wildman–Crippen MR) is 95.7 cm³/mol. The topological polar surface area (TPSA) is 63.2 Å². The van der Waals surface area contributed by atoms with Gasteiger partial charge in [-0.25, -0.2) is 4.98 Å². The molecule has 1 aliphatic rings. The molecule has 1 saturated carbocycles. The van der Waals surface area contributed by atoms with Crippen LogP contribution in [0.15, 0.2) is 42.6 Å². The molecule has 5 heteroatoms. The number of pyridine rings is 1. The molecular weight excluding hydrogens is 302 g/mol. The van der Waals surface area contributed by atoms with Crippen LogP contribution >= 0.6 is 0 Å². The number of carbonyl (C=O) groups excluding carboxylic acids is 1. The highest BCUT2D eigenvalue weighted by molar-refractivity contribution is 6.04. The van der Waals surface area contributed by atoms with Crippen LogP contribution in [0.5, 0.6) is 5.75 Å². The molecule has 1 aromatic heterocycles. The van der Waals surface area contributed by atoms with Gasteiger partial charge in [0.25, 0.3) is 5.91 Å². The number of nitrogens with one attached hydrogen (secondary N) is 2. The Balaban J connectivity index is 1.59. The number of ether oxygens (including phenoxy) is 1. The van der Waals surface area contributed by atoms with Crippen molar-refractivity contribution >= 4 is 17.4 Å². The minimum absolute atomic E-state index is 0.200. The van der Waals surface area contributed by atoms with E-state index in [4.69, 9.17) is 4.74 Å². The average molecular weight is 325 g/mol. The van der Waals surface area contributed by atoms with E-state index in [-0.39, 0.29) is 5.91 Å². The summed E-state index contributed by atoms with van der Waals surface area (Å²) in [7, 11) is 1.58. The number of nitrogens with zero attached hydrogens (tertiary/aromatic N) is 1. The molecule has 1 aromatic carbocycles. The van der Waals surface area contributed by atoms with E-state index in [1.165, 1.54) is 32.1 Å². The normalized spacial score (nSPS) is 14.9. The van der Waals surface area contributed by atoms with Crippen LogP contribution in [0, 0.1) is 0 Å². The van der Waals surface area contributed by atoms with Gasteiger partial charge in [-0.2, -0.15) is 0 Å². The Morgan fingerprint density at radius 2 is 2.00 bits per heavy atom. The van der Waals surface area contributed by atoms with Crippen LogP contribution in [0.1, 0.15) is 42.5 Å². The Morgan fingerprint density at radius 1 is 1.17 bits per heavy atom. The molecule has 0 radical (unpaired) electrons. The first-order valence-corrected chi connectivity index (χ1v) is 8.42. The highest BCUT2D eigenvalue weighted by Crippen LogP contribution is 2.22. The van der Waals surface area contributed by atoms with Crippen molar-refractivity contribution in [2.45, 2.75) is 38.1 Å². The Morgan fingerprint density at radius 3 is 2.71 bits per heavy atom. The Hall–Kier alpha value is -2.56. The van der Waals surface area contributed by atoms with Crippen molar-refractivity contribution in [3.05, 3.63) is 48.2 Å². The first-order valence-electron chi connectivity index (χ1n) is 8.42. The van der Waals surface area contributed by atoms with E-state index >= 15 is 0 Å². The number of hydrogen-bond donors (Lipinski definition) is 2. The molecule has 0 unspecified atom stereocenters. The van der Waals surface area contributed by atoms with Gasteiger partial charge in [-0.3, -0.25) is 4.79 Å². The van der Waals surface area contributed by atoms with Crippen molar-refractivity contribution in [1.82, 2.24) is 4.98 Å². The van der Waals surface area contributed by atoms with E-state index in [1.807, 2.05) is 12.1 Å². The molecule has 1 aliphatic carbocycles. The molecule has 24 heavy (non-hydrogen) atoms. The summed E-state index contributed by atoms with van der Waals surface area (Å²) >= 11 is 0. The SMILES string of the molecule is COc1cccc(C(=O)Nc2ccc(NC3CCCCC3)cn2)c1. The second-order valence-electron chi connectivity index (χ2n) is 6.10. The third kappa shape index (κ3) is 4.25. The highest BCUT2D eigenvalue weighted by atomic mass is 16.5. The second kappa shape index (κ2) is 7.81. The Kier molecular flexibility index (Phi) is 5.31. The average Bonchev–Trinajstić information content (AvgIpc) is 2.64. The summed E-state index contributed by atoms with van der Waals surface area (Å²) in [5.74, 6) is 0.994. The van der Waals surface area contributed by atoms with E-state index in [0.717, 1.165) is 5.69 Å². The number of anilines is 2. The summed E-state index contributed by atoms with van der Waals surface area (Å²) in [4.78, 5) is 16.6. The van der Waals surface area contributed by atoms with E-state index in [1.54, 1.807) is 37.6 Å². The summed E-state index contributed by atoms with van der Waals surface area (Å²) in [6, 6.07) is 11.4. The van der Waals surface area contributed by atoms with Crippen LogP contribution in [0.3, 0.4) is 0 Å². The molecule has 1 fully saturated rings. The molecule has 3 rings (SSSR count). The monoisotopic (exact) mass is 325 g/mol. The minimum atomic E-state index is -0.200. The second-order valence-corrected chi connectivity index (χ2v) is 6.10. The maximum absolute atomic E-state index is 12.3. The molecule has 5 nitrogen and oxygen atoms in total. The van der Waals surface area contributed by atoms with Crippen molar-refractivity contribution in [3.8, 4) is 5.75 Å². The molecular formula is C19H23N3O2. The first kappa shape index (κ1) is 16.3. The van der Waals surface area contributed by atoms with Crippen LogP contribution in [-0.2, 0) is 0 Å². The van der Waals surface area contributed by atoms with Gasteiger partial charge in [0, 0.05) is 11.6 Å². The van der Waals surface area contributed by atoms with E-state index in [2.05, 4.69) is 15.6 Å². The minimum Gasteiger partial charge on any atom is -0.497 e. The lowest BCUT2D eigenvalue weighted by molar-refractivity contribution is 0.102. The van der Waals surface area contributed by atoms with Crippen LogP contribution in [0.2, 0.25) is 0 Å². The lowest BCUT2D eigenvalue weighted by Gasteiger charge is -2.23. The first-order chi connectivity index (χ1) is 11.7. The molecule has 126 valence electrons. The predicted octanol–water partition coefficient (Wildman–Crippen LogP) is 4.09. The zero-order chi connectivity index (χ0) is 16.8. The van der Waals surface area contributed by atoms with Gasteiger partial charge in [-0.1, -0.05) is 25.3 Å². The third-order valence-corrected chi connectivity index (χ3v) is 4.31. The number of aromatic nitrogens is 1. The molecule has 0 aliphatic heterocycles. The van der Waals surface area contributed by atoms with Crippen LogP contribution in [0.25, 0.3) is 0 Å². The van der Waals surface area contributed by atoms with Gasteiger partial charge in [0.1, 0.15) is 11.6 Å². The molecule has 1 amide bonds. The van der Waals surface area contributed by atoms with Crippen LogP contribution in [0.4, 0.5) is 11.5 Å². The maximum atomic E-state index is 12.3. The summed E-state index contributed by atoms with van der Waals surface area (Å²) in [6.07, 6.45) is 8.13. The van der Waals surface area contributed by atoms with E-state index in [0.29, 0.717) is 23.2 Å². The van der Waals surface area contributed by atoms with Crippen molar-refractivity contribution in [2.75, 3.05) is 17.7 Å². The Labute approximate surface area is 142 Å². The number of methoxy groups -OCH3 is 1. The van der Waals surface area contributed by atoms with Gasteiger partial charge in [-0.05, 0) is 43.2 Å². The van der Waals surface area contributed by atoms with Crippen LogP contribution in [-0.4, -0.2) is 24.0 Å². The van der Waals surface area contributed by atoms with Crippen molar-refractivity contribution in [2.24, 2.45) is 0 Å². The Bertz CT molecular complexity index is 679. The maximum Gasteiger partial charge on any atom is 0.256 e. The molecule has 0 bridgehead atoms. The van der Waals surface area contributed by atoms with Gasteiger partial charge >= 0.3 is 0 Å². The van der Waals surface area contributed by atoms with Crippen LogP contribution < -0.4 is 15.4 Å². The summed E-state index contributed by atoms with van der Waals surface area (Å²) in [5.41, 5.74) is 1.54. The molecule has 0 spiro atoms. The lowest BCUT2D eigenvalue weighted by Crippen LogP contribution is -2.22. The third-order valence-electron chi connectivity index (χ3n) is 4.31. The standard InChI is InChI=1S/C19H23N3O2/c1-24-17-9-5-6-14(12-17)19(23)22-18-11-10-16(13-20-18)21-15-7-3-2-4-8-15/h5-6,9-13,15,21H,2-4,7-8H2,1H3,(H,20,22,23). The van der Waals surface area contributed by atoms with Crippen molar-refractivity contribution in [3.63, 3.8) is 0 Å². The van der Waals surface area contributed by atoms with Gasteiger partial charge in [0.05, 0.1) is 19.0 Å². The molecule has 2 N–H and O–H groups in total. The zero-order valence-corrected chi connectivity index (χ0v) is 13.9. The van der Waals surface area contributed by atoms with E-state index < -0.39 is 0 Å². The zero-order valence-electron chi connectivity index (χ0n) is 13.9. The fourth-order valence-corrected chi connectivity index (χ4v) is 2.99. The number of amides is 1. The molecule has 0 atom stereocenters. The van der Waals surface area contributed by atoms with Crippen molar-refractivity contribution < 1.29 is 9.53 Å². The van der Waals surface area contributed by atoms with Crippen molar-refractivity contribution in [1.29, 1.82) is 0 Å². The fraction of sp³-hybridized carbons (Fsp3) is 0.368.